The third kappa shape index (κ3) is 2.93. The molecular weight excluding hydrogens is 334 g/mol. The van der Waals surface area contributed by atoms with Gasteiger partial charge in [0.25, 0.3) is 11.8 Å². The Labute approximate surface area is 152 Å². The highest BCUT2D eigenvalue weighted by molar-refractivity contribution is 6.05. The molecule has 4 rings (SSSR count). The fourth-order valence-corrected chi connectivity index (χ4v) is 4.25. The maximum atomic E-state index is 13.0. The second-order valence-corrected chi connectivity index (χ2v) is 7.19. The molecule has 1 unspecified atom stereocenters. The molecule has 0 aromatic carbocycles. The van der Waals surface area contributed by atoms with Gasteiger partial charge in [0.05, 0.1) is 12.7 Å². The van der Waals surface area contributed by atoms with Gasteiger partial charge < -0.3 is 9.80 Å². The normalized spacial score (nSPS) is 24.6. The first-order valence-corrected chi connectivity index (χ1v) is 9.36. The summed E-state index contributed by atoms with van der Waals surface area (Å²) < 4.78 is 0. The van der Waals surface area contributed by atoms with Crippen molar-refractivity contribution in [2.24, 2.45) is 0 Å². The van der Waals surface area contributed by atoms with Gasteiger partial charge in [0.15, 0.2) is 0 Å². The third-order valence-electron chi connectivity index (χ3n) is 5.58. The topological polar surface area (TPSA) is 86.7 Å². The standard InChI is InChI=1S/C18H23N5O3/c24-16(14-11-19-7-8-20-14)21-9-4-10-22-15(12-21)17(25)23(18(22)26)13-5-2-1-3-6-13/h7-8,11,13,15H,1-6,9-10,12H2. The van der Waals surface area contributed by atoms with Gasteiger partial charge in [0.1, 0.15) is 11.7 Å². The monoisotopic (exact) mass is 357 g/mol. The van der Waals surface area contributed by atoms with E-state index in [4.69, 9.17) is 0 Å². The number of rotatable bonds is 2. The molecule has 26 heavy (non-hydrogen) atoms. The maximum Gasteiger partial charge on any atom is 0.327 e. The summed E-state index contributed by atoms with van der Waals surface area (Å²) in [6.45, 7) is 1.23. The van der Waals surface area contributed by atoms with Crippen molar-refractivity contribution in [2.45, 2.75) is 50.6 Å². The van der Waals surface area contributed by atoms with Gasteiger partial charge in [-0.2, -0.15) is 0 Å². The van der Waals surface area contributed by atoms with Crippen molar-refractivity contribution in [3.8, 4) is 0 Å². The van der Waals surface area contributed by atoms with Crippen molar-refractivity contribution in [3.05, 3.63) is 24.3 Å². The molecule has 1 atom stereocenters. The summed E-state index contributed by atoms with van der Waals surface area (Å²) in [7, 11) is 0. The summed E-state index contributed by atoms with van der Waals surface area (Å²) in [5.41, 5.74) is 0.266. The number of carbonyl (C=O) groups excluding carboxylic acids is 3. The summed E-state index contributed by atoms with van der Waals surface area (Å²) in [4.78, 5) is 51.3. The molecular formula is C18H23N5O3. The minimum absolute atomic E-state index is 0.0137. The lowest BCUT2D eigenvalue weighted by molar-refractivity contribution is -0.130. The molecule has 3 heterocycles. The zero-order chi connectivity index (χ0) is 18.1. The van der Waals surface area contributed by atoms with Crippen LogP contribution in [0.3, 0.4) is 0 Å². The number of nitrogens with zero attached hydrogens (tertiary/aromatic N) is 5. The van der Waals surface area contributed by atoms with Gasteiger partial charge >= 0.3 is 6.03 Å². The molecule has 0 radical (unpaired) electrons. The Morgan fingerprint density at radius 2 is 1.85 bits per heavy atom. The molecule has 3 aliphatic rings. The van der Waals surface area contributed by atoms with Crippen LogP contribution in [0.25, 0.3) is 0 Å². The Kier molecular flexibility index (Phi) is 4.57. The minimum atomic E-state index is -0.576. The first-order chi connectivity index (χ1) is 12.7. The third-order valence-corrected chi connectivity index (χ3v) is 5.58. The van der Waals surface area contributed by atoms with Crippen LogP contribution in [0.15, 0.2) is 18.6 Å². The van der Waals surface area contributed by atoms with E-state index in [1.165, 1.54) is 29.9 Å². The van der Waals surface area contributed by atoms with Crippen molar-refractivity contribution >= 4 is 17.8 Å². The number of imide groups is 1. The van der Waals surface area contributed by atoms with E-state index < -0.39 is 6.04 Å². The number of hydrogen-bond acceptors (Lipinski definition) is 5. The van der Waals surface area contributed by atoms with E-state index in [0.29, 0.717) is 19.5 Å². The Hall–Kier alpha value is -2.51. The average molecular weight is 357 g/mol. The molecule has 2 aliphatic heterocycles. The van der Waals surface area contributed by atoms with Crippen LogP contribution in [-0.4, -0.2) is 74.2 Å². The molecule has 1 aliphatic carbocycles. The maximum absolute atomic E-state index is 13.0. The minimum Gasteiger partial charge on any atom is -0.335 e. The number of urea groups is 1. The molecule has 8 nitrogen and oxygen atoms in total. The number of amides is 4. The molecule has 0 bridgehead atoms. The Morgan fingerprint density at radius 3 is 2.58 bits per heavy atom. The molecule has 1 saturated carbocycles. The molecule has 3 fully saturated rings. The zero-order valence-corrected chi connectivity index (χ0v) is 14.7. The molecule has 138 valence electrons. The highest BCUT2D eigenvalue weighted by Gasteiger charge is 2.49. The van der Waals surface area contributed by atoms with Gasteiger partial charge in [-0.05, 0) is 19.3 Å². The van der Waals surface area contributed by atoms with Gasteiger partial charge in [-0.1, -0.05) is 19.3 Å². The van der Waals surface area contributed by atoms with Gasteiger partial charge in [-0.3, -0.25) is 19.5 Å². The molecule has 8 heteroatoms. The molecule has 0 N–H and O–H groups in total. The van der Waals surface area contributed by atoms with E-state index in [9.17, 15) is 14.4 Å². The molecule has 4 amide bonds. The predicted molar refractivity (Wildman–Crippen MR) is 92.2 cm³/mol. The predicted octanol–water partition coefficient (Wildman–Crippen LogP) is 1.29. The van der Waals surface area contributed by atoms with E-state index in [1.54, 1.807) is 9.80 Å². The van der Waals surface area contributed by atoms with E-state index in [1.807, 2.05) is 0 Å². The lowest BCUT2D eigenvalue weighted by Crippen LogP contribution is -2.45. The van der Waals surface area contributed by atoms with Crippen LogP contribution in [0.1, 0.15) is 49.0 Å². The van der Waals surface area contributed by atoms with E-state index in [-0.39, 0.29) is 36.1 Å². The molecule has 1 aromatic heterocycles. The van der Waals surface area contributed by atoms with Crippen molar-refractivity contribution in [3.63, 3.8) is 0 Å². The summed E-state index contributed by atoms with van der Waals surface area (Å²) in [6, 6.07) is -0.743. The zero-order valence-electron chi connectivity index (χ0n) is 14.7. The Balaban J connectivity index is 1.53. The Bertz CT molecular complexity index is 704. The molecule has 0 spiro atoms. The largest absolute Gasteiger partial charge is 0.335 e. The number of fused-ring (bicyclic) bond motifs is 1. The molecule has 1 aromatic rings. The van der Waals surface area contributed by atoms with Crippen LogP contribution in [0.2, 0.25) is 0 Å². The van der Waals surface area contributed by atoms with E-state index in [2.05, 4.69) is 9.97 Å². The summed E-state index contributed by atoms with van der Waals surface area (Å²) in [6.07, 6.45) is 10.1. The fourth-order valence-electron chi connectivity index (χ4n) is 4.25. The number of carbonyl (C=O) groups is 3. The quantitative estimate of drug-likeness (QED) is 0.745. The number of aromatic nitrogens is 2. The van der Waals surface area contributed by atoms with Crippen LogP contribution in [-0.2, 0) is 4.79 Å². The Morgan fingerprint density at radius 1 is 1.04 bits per heavy atom. The van der Waals surface area contributed by atoms with Crippen molar-refractivity contribution < 1.29 is 14.4 Å². The van der Waals surface area contributed by atoms with Crippen LogP contribution in [0.4, 0.5) is 4.79 Å². The number of hydrogen-bond donors (Lipinski definition) is 0. The fraction of sp³-hybridized carbons (Fsp3) is 0.611. The van der Waals surface area contributed by atoms with Crippen LogP contribution in [0, 0.1) is 0 Å². The summed E-state index contributed by atoms with van der Waals surface area (Å²) in [5, 5.41) is 0. The van der Waals surface area contributed by atoms with E-state index >= 15 is 0 Å². The average Bonchev–Trinajstić information content (AvgIpc) is 2.84. The first-order valence-electron chi connectivity index (χ1n) is 9.36. The van der Waals surface area contributed by atoms with Gasteiger partial charge in [0, 0.05) is 31.5 Å². The lowest BCUT2D eigenvalue weighted by atomic mass is 9.94. The van der Waals surface area contributed by atoms with Crippen LogP contribution >= 0.6 is 0 Å². The van der Waals surface area contributed by atoms with Crippen LogP contribution in [0.5, 0.6) is 0 Å². The first kappa shape index (κ1) is 16.9. The highest BCUT2D eigenvalue weighted by atomic mass is 16.2. The van der Waals surface area contributed by atoms with E-state index in [0.717, 1.165) is 25.7 Å². The van der Waals surface area contributed by atoms with Crippen molar-refractivity contribution in [1.82, 2.24) is 24.7 Å². The second kappa shape index (κ2) is 7.01. The SMILES string of the molecule is O=C(c1cnccn1)N1CCCN2C(=O)N(C3CCCCC3)C(=O)C2C1. The second-order valence-electron chi connectivity index (χ2n) is 7.19. The molecule has 2 saturated heterocycles. The van der Waals surface area contributed by atoms with Crippen molar-refractivity contribution in [2.75, 3.05) is 19.6 Å². The summed E-state index contributed by atoms with van der Waals surface area (Å²) >= 11 is 0. The van der Waals surface area contributed by atoms with Gasteiger partial charge in [-0.15, -0.1) is 0 Å². The highest BCUT2D eigenvalue weighted by Crippen LogP contribution is 2.30. The van der Waals surface area contributed by atoms with Gasteiger partial charge in [0.2, 0.25) is 0 Å². The van der Waals surface area contributed by atoms with Gasteiger partial charge in [-0.25, -0.2) is 9.78 Å². The lowest BCUT2D eigenvalue weighted by Gasteiger charge is -2.29. The van der Waals surface area contributed by atoms with Crippen molar-refractivity contribution in [1.29, 1.82) is 0 Å². The smallest absolute Gasteiger partial charge is 0.327 e. The van der Waals surface area contributed by atoms with Crippen LogP contribution < -0.4 is 0 Å². The summed E-state index contributed by atoms with van der Waals surface area (Å²) in [5.74, 6) is -0.392.